The molecular formula is C30H35Cl2N3O4S. The molecule has 0 aliphatic carbocycles. The van der Waals surface area contributed by atoms with Gasteiger partial charge in [0.2, 0.25) is 21.8 Å². The fourth-order valence-electron chi connectivity index (χ4n) is 4.26. The van der Waals surface area contributed by atoms with E-state index in [4.69, 9.17) is 23.2 Å². The molecule has 0 bridgehead atoms. The van der Waals surface area contributed by atoms with E-state index in [9.17, 15) is 18.0 Å². The van der Waals surface area contributed by atoms with Crippen molar-refractivity contribution in [1.82, 2.24) is 10.2 Å². The quantitative estimate of drug-likeness (QED) is 0.312. The minimum Gasteiger partial charge on any atom is -0.352 e. The molecule has 0 aromatic heterocycles. The zero-order valence-electron chi connectivity index (χ0n) is 23.3. The van der Waals surface area contributed by atoms with Crippen molar-refractivity contribution >= 4 is 50.7 Å². The number of hydrogen-bond acceptors (Lipinski definition) is 4. The Hall–Kier alpha value is -3.07. The molecule has 10 heteroatoms. The first kappa shape index (κ1) is 31.5. The Morgan fingerprint density at radius 3 is 2.12 bits per heavy atom. The molecule has 1 atom stereocenters. The summed E-state index contributed by atoms with van der Waals surface area (Å²) in [5.41, 5.74) is 3.77. The number of amides is 2. The van der Waals surface area contributed by atoms with Crippen LogP contribution in [0.15, 0.2) is 66.7 Å². The highest BCUT2D eigenvalue weighted by atomic mass is 35.5. The van der Waals surface area contributed by atoms with Gasteiger partial charge in [0.15, 0.2) is 0 Å². The summed E-state index contributed by atoms with van der Waals surface area (Å²) in [5, 5.41) is 3.59. The lowest BCUT2D eigenvalue weighted by molar-refractivity contribution is -0.140. The molecule has 214 valence electrons. The molecule has 2 amide bonds. The lowest BCUT2D eigenvalue weighted by Crippen LogP contribution is -2.54. The standard InChI is InChI=1S/C30H35Cl2N3O4S/c1-20(2)33-30(37)28(17-23-9-7-6-8-10-23)34(18-24-12-14-26(31)27(32)16-24)29(36)19-35(40(5,38)39)25-13-11-21(3)22(4)15-25/h6-16,20,28H,17-19H2,1-5H3,(H,33,37)/t28-/m0/s1. The molecule has 0 spiro atoms. The number of anilines is 1. The first-order valence-corrected chi connectivity index (χ1v) is 15.5. The van der Waals surface area contributed by atoms with Gasteiger partial charge in [-0.2, -0.15) is 0 Å². The van der Waals surface area contributed by atoms with Crippen LogP contribution in [-0.2, 0) is 32.6 Å². The number of sulfonamides is 1. The Morgan fingerprint density at radius 1 is 0.875 bits per heavy atom. The first-order valence-electron chi connectivity index (χ1n) is 12.9. The number of rotatable bonds is 11. The van der Waals surface area contributed by atoms with Crippen molar-refractivity contribution in [1.29, 1.82) is 0 Å². The minimum absolute atomic E-state index is 0.0171. The normalized spacial score (nSPS) is 12.2. The van der Waals surface area contributed by atoms with Gasteiger partial charge in [-0.15, -0.1) is 0 Å². The maximum Gasteiger partial charge on any atom is 0.244 e. The van der Waals surface area contributed by atoms with Crippen LogP contribution in [0.25, 0.3) is 0 Å². The number of carbonyl (C=O) groups is 2. The van der Waals surface area contributed by atoms with E-state index in [1.165, 1.54) is 4.90 Å². The van der Waals surface area contributed by atoms with Crippen LogP contribution < -0.4 is 9.62 Å². The van der Waals surface area contributed by atoms with Crippen LogP contribution in [0.4, 0.5) is 5.69 Å². The number of carbonyl (C=O) groups excluding carboxylic acids is 2. The van der Waals surface area contributed by atoms with Crippen LogP contribution in [0.3, 0.4) is 0 Å². The van der Waals surface area contributed by atoms with Crippen molar-refractivity contribution in [3.05, 3.63) is 99.0 Å². The maximum atomic E-state index is 14.1. The van der Waals surface area contributed by atoms with E-state index in [1.807, 2.05) is 64.1 Å². The van der Waals surface area contributed by atoms with Crippen molar-refractivity contribution in [3.63, 3.8) is 0 Å². The molecule has 40 heavy (non-hydrogen) atoms. The Kier molecular flexibility index (Phi) is 10.6. The second-order valence-corrected chi connectivity index (χ2v) is 12.9. The molecule has 1 N–H and O–H groups in total. The van der Waals surface area contributed by atoms with Gasteiger partial charge in [-0.25, -0.2) is 8.42 Å². The molecule has 0 radical (unpaired) electrons. The maximum absolute atomic E-state index is 14.1. The van der Waals surface area contributed by atoms with Gasteiger partial charge in [0, 0.05) is 19.0 Å². The molecule has 7 nitrogen and oxygen atoms in total. The van der Waals surface area contributed by atoms with Crippen molar-refractivity contribution in [2.24, 2.45) is 0 Å². The van der Waals surface area contributed by atoms with E-state index < -0.39 is 28.5 Å². The van der Waals surface area contributed by atoms with Crippen LogP contribution in [-0.4, -0.2) is 50.0 Å². The highest BCUT2D eigenvalue weighted by Crippen LogP contribution is 2.26. The van der Waals surface area contributed by atoms with E-state index in [2.05, 4.69) is 5.32 Å². The number of nitrogens with one attached hydrogen (secondary N) is 1. The monoisotopic (exact) mass is 603 g/mol. The number of hydrogen-bond donors (Lipinski definition) is 1. The third kappa shape index (κ3) is 8.46. The van der Waals surface area contributed by atoms with Crippen LogP contribution in [0.1, 0.15) is 36.1 Å². The lowest BCUT2D eigenvalue weighted by Gasteiger charge is -2.34. The van der Waals surface area contributed by atoms with Crippen molar-refractivity contribution in [2.45, 2.75) is 52.7 Å². The summed E-state index contributed by atoms with van der Waals surface area (Å²) in [6, 6.07) is 18.5. The molecule has 0 heterocycles. The molecular weight excluding hydrogens is 569 g/mol. The number of halogens is 2. The summed E-state index contributed by atoms with van der Waals surface area (Å²) in [7, 11) is -3.84. The van der Waals surface area contributed by atoms with Gasteiger partial charge < -0.3 is 10.2 Å². The van der Waals surface area contributed by atoms with E-state index in [1.54, 1.807) is 30.3 Å². The van der Waals surface area contributed by atoms with Gasteiger partial charge in [0.25, 0.3) is 0 Å². The van der Waals surface area contributed by atoms with Gasteiger partial charge in [-0.3, -0.25) is 13.9 Å². The highest BCUT2D eigenvalue weighted by Gasteiger charge is 2.33. The third-order valence-corrected chi connectivity index (χ3v) is 8.38. The summed E-state index contributed by atoms with van der Waals surface area (Å²) in [4.78, 5) is 29.1. The molecule has 3 aromatic rings. The predicted octanol–water partition coefficient (Wildman–Crippen LogP) is 5.54. The average molecular weight is 605 g/mol. The third-order valence-electron chi connectivity index (χ3n) is 6.50. The Bertz CT molecular complexity index is 1460. The van der Waals surface area contributed by atoms with E-state index >= 15 is 0 Å². The van der Waals surface area contributed by atoms with Crippen molar-refractivity contribution < 1.29 is 18.0 Å². The summed E-state index contributed by atoms with van der Waals surface area (Å²) < 4.78 is 26.9. The fraction of sp³-hybridized carbons (Fsp3) is 0.333. The van der Waals surface area contributed by atoms with Gasteiger partial charge in [-0.1, -0.05) is 65.7 Å². The number of nitrogens with zero attached hydrogens (tertiary/aromatic N) is 2. The summed E-state index contributed by atoms with van der Waals surface area (Å²) >= 11 is 12.4. The zero-order chi connectivity index (χ0) is 29.6. The van der Waals surface area contributed by atoms with Gasteiger partial charge in [0.05, 0.1) is 22.0 Å². The Morgan fingerprint density at radius 2 is 1.55 bits per heavy atom. The minimum atomic E-state index is -3.84. The topological polar surface area (TPSA) is 86.8 Å². The molecule has 0 aliphatic heterocycles. The summed E-state index contributed by atoms with van der Waals surface area (Å²) in [5.74, 6) is -0.876. The molecule has 0 aliphatic rings. The first-order chi connectivity index (χ1) is 18.8. The highest BCUT2D eigenvalue weighted by molar-refractivity contribution is 7.92. The Balaban J connectivity index is 2.08. The Labute approximate surface area is 247 Å². The molecule has 0 unspecified atom stereocenters. The van der Waals surface area contributed by atoms with Crippen LogP contribution in [0.5, 0.6) is 0 Å². The lowest BCUT2D eigenvalue weighted by atomic mass is 10.0. The molecule has 0 saturated carbocycles. The SMILES string of the molecule is Cc1ccc(N(CC(=O)N(Cc2ccc(Cl)c(Cl)c2)[C@@H](Cc2ccccc2)C(=O)NC(C)C)S(C)(=O)=O)cc1C. The summed E-state index contributed by atoms with van der Waals surface area (Å²) in [6.45, 7) is 7.02. The summed E-state index contributed by atoms with van der Waals surface area (Å²) in [6.07, 6.45) is 1.29. The molecule has 3 aromatic carbocycles. The average Bonchev–Trinajstić information content (AvgIpc) is 2.88. The van der Waals surface area contributed by atoms with E-state index in [0.717, 1.165) is 27.3 Å². The fourth-order valence-corrected chi connectivity index (χ4v) is 5.43. The van der Waals surface area contributed by atoms with Crippen LogP contribution in [0.2, 0.25) is 10.0 Å². The molecule has 0 saturated heterocycles. The van der Waals surface area contributed by atoms with Gasteiger partial charge >= 0.3 is 0 Å². The van der Waals surface area contributed by atoms with E-state index in [-0.39, 0.29) is 24.9 Å². The molecule has 0 fully saturated rings. The number of benzene rings is 3. The zero-order valence-corrected chi connectivity index (χ0v) is 25.6. The van der Waals surface area contributed by atoms with Crippen molar-refractivity contribution in [3.8, 4) is 0 Å². The van der Waals surface area contributed by atoms with Crippen LogP contribution >= 0.6 is 23.2 Å². The van der Waals surface area contributed by atoms with E-state index in [0.29, 0.717) is 21.3 Å². The second-order valence-electron chi connectivity index (χ2n) is 10.2. The predicted molar refractivity (Wildman–Crippen MR) is 162 cm³/mol. The number of aryl methyl sites for hydroxylation is 2. The largest absolute Gasteiger partial charge is 0.352 e. The smallest absolute Gasteiger partial charge is 0.244 e. The van der Waals surface area contributed by atoms with Gasteiger partial charge in [-0.05, 0) is 74.2 Å². The van der Waals surface area contributed by atoms with Gasteiger partial charge in [0.1, 0.15) is 12.6 Å². The van der Waals surface area contributed by atoms with Crippen molar-refractivity contribution in [2.75, 3.05) is 17.1 Å². The van der Waals surface area contributed by atoms with Crippen LogP contribution in [0, 0.1) is 13.8 Å². The second kappa shape index (κ2) is 13.5. The molecule has 3 rings (SSSR count).